The molecule has 2 nitrogen and oxygen atoms in total. The zero-order chi connectivity index (χ0) is 10.2. The van der Waals surface area contributed by atoms with Crippen molar-refractivity contribution in [1.82, 2.24) is 0 Å². The lowest BCUT2D eigenvalue weighted by atomic mass is 9.66. The minimum absolute atomic E-state index is 0.0127. The number of halogens is 1. The predicted molar refractivity (Wildman–Crippen MR) is 52.4 cm³/mol. The Morgan fingerprint density at radius 1 is 1.50 bits per heavy atom. The molecule has 0 aromatic heterocycles. The molecule has 0 spiro atoms. The zero-order valence-electron chi connectivity index (χ0n) is 7.91. The molecule has 0 unspecified atom stereocenters. The summed E-state index contributed by atoms with van der Waals surface area (Å²) in [6, 6.07) is 6.59. The molecule has 1 saturated carbocycles. The van der Waals surface area contributed by atoms with Crippen molar-refractivity contribution in [1.29, 1.82) is 0 Å². The molecule has 1 aliphatic carbocycles. The van der Waals surface area contributed by atoms with Gasteiger partial charge in [-0.15, -0.1) is 0 Å². The summed E-state index contributed by atoms with van der Waals surface area (Å²) in [6.07, 6.45) is 1.49. The highest BCUT2D eigenvalue weighted by Crippen LogP contribution is 2.42. The Morgan fingerprint density at radius 3 is 2.79 bits per heavy atom. The molecule has 14 heavy (non-hydrogen) atoms. The molecular weight excluding hydrogens is 181 g/mol. The van der Waals surface area contributed by atoms with Gasteiger partial charge >= 0.3 is 0 Å². The fourth-order valence-corrected chi connectivity index (χ4v) is 2.05. The molecule has 1 aromatic carbocycles. The van der Waals surface area contributed by atoms with Crippen molar-refractivity contribution >= 4 is 0 Å². The van der Waals surface area contributed by atoms with Crippen molar-refractivity contribution in [2.45, 2.75) is 24.3 Å². The molecule has 0 aliphatic heterocycles. The summed E-state index contributed by atoms with van der Waals surface area (Å²) in [7, 11) is 0. The van der Waals surface area contributed by atoms with Crippen molar-refractivity contribution in [3.8, 4) is 0 Å². The minimum atomic E-state index is -0.434. The second kappa shape index (κ2) is 3.33. The Morgan fingerprint density at radius 2 is 2.21 bits per heavy atom. The zero-order valence-corrected chi connectivity index (χ0v) is 7.91. The van der Waals surface area contributed by atoms with Crippen molar-refractivity contribution in [2.24, 2.45) is 5.73 Å². The average molecular weight is 195 g/mol. The number of hydrogen-bond donors (Lipinski definition) is 2. The molecule has 3 heteroatoms. The van der Waals surface area contributed by atoms with Crippen LogP contribution in [0.5, 0.6) is 0 Å². The van der Waals surface area contributed by atoms with E-state index in [1.54, 1.807) is 12.1 Å². The van der Waals surface area contributed by atoms with E-state index in [0.29, 0.717) is 5.92 Å². The van der Waals surface area contributed by atoms with Crippen molar-refractivity contribution < 1.29 is 9.50 Å². The molecule has 0 radical (unpaired) electrons. The molecule has 76 valence electrons. The van der Waals surface area contributed by atoms with Crippen LogP contribution in [-0.4, -0.2) is 17.3 Å². The van der Waals surface area contributed by atoms with E-state index >= 15 is 0 Å². The maximum Gasteiger partial charge on any atom is 0.123 e. The van der Waals surface area contributed by atoms with Gasteiger partial charge in [0.15, 0.2) is 0 Å². The van der Waals surface area contributed by atoms with Crippen LogP contribution in [0, 0.1) is 5.82 Å². The van der Waals surface area contributed by atoms with Crippen LogP contribution in [0.2, 0.25) is 0 Å². The fourth-order valence-electron chi connectivity index (χ4n) is 2.05. The van der Waals surface area contributed by atoms with Gasteiger partial charge in [-0.1, -0.05) is 12.1 Å². The molecule has 0 saturated heterocycles. The van der Waals surface area contributed by atoms with Gasteiger partial charge in [0.2, 0.25) is 0 Å². The Bertz CT molecular complexity index is 334. The first-order valence-electron chi connectivity index (χ1n) is 4.78. The van der Waals surface area contributed by atoms with E-state index in [1.807, 2.05) is 6.07 Å². The van der Waals surface area contributed by atoms with Gasteiger partial charge in [0.25, 0.3) is 0 Å². The smallest absolute Gasteiger partial charge is 0.123 e. The number of aliphatic hydroxyl groups is 1. The Kier molecular flexibility index (Phi) is 2.29. The maximum atomic E-state index is 12.9. The van der Waals surface area contributed by atoms with E-state index in [1.165, 1.54) is 6.07 Å². The van der Waals surface area contributed by atoms with E-state index in [4.69, 9.17) is 10.8 Å². The summed E-state index contributed by atoms with van der Waals surface area (Å²) in [5.74, 6) is 0.101. The Labute approximate surface area is 82.5 Å². The van der Waals surface area contributed by atoms with Gasteiger partial charge in [0, 0.05) is 5.54 Å². The number of nitrogens with two attached hydrogens (primary N) is 1. The first-order valence-corrected chi connectivity index (χ1v) is 4.78. The first-order chi connectivity index (χ1) is 6.63. The minimum Gasteiger partial charge on any atom is -0.394 e. The summed E-state index contributed by atoms with van der Waals surface area (Å²) in [5.41, 5.74) is 6.38. The third kappa shape index (κ3) is 1.65. The largest absolute Gasteiger partial charge is 0.394 e. The standard InChI is InChI=1S/C11H14FNO/c12-10-3-1-2-8(4-10)9-5-11(13,6-9)7-14/h1-4,9,14H,5-7,13H2. The van der Waals surface area contributed by atoms with Crippen LogP contribution in [0.25, 0.3) is 0 Å². The lowest BCUT2D eigenvalue weighted by Crippen LogP contribution is -2.53. The van der Waals surface area contributed by atoms with Crippen molar-refractivity contribution in [3.05, 3.63) is 35.6 Å². The quantitative estimate of drug-likeness (QED) is 0.749. The molecule has 0 heterocycles. The van der Waals surface area contributed by atoms with Gasteiger partial charge in [0.1, 0.15) is 5.82 Å². The molecule has 0 amide bonds. The molecule has 0 atom stereocenters. The highest BCUT2D eigenvalue weighted by Gasteiger charge is 2.40. The van der Waals surface area contributed by atoms with E-state index in [2.05, 4.69) is 0 Å². The van der Waals surface area contributed by atoms with Gasteiger partial charge in [-0.05, 0) is 36.5 Å². The normalized spacial score (nSPS) is 31.2. The van der Waals surface area contributed by atoms with Gasteiger partial charge in [-0.25, -0.2) is 4.39 Å². The van der Waals surface area contributed by atoms with Crippen LogP contribution in [-0.2, 0) is 0 Å². The summed E-state index contributed by atoms with van der Waals surface area (Å²) < 4.78 is 12.9. The van der Waals surface area contributed by atoms with Crippen LogP contribution in [0.3, 0.4) is 0 Å². The van der Waals surface area contributed by atoms with E-state index < -0.39 is 5.54 Å². The monoisotopic (exact) mass is 195 g/mol. The summed E-state index contributed by atoms with van der Waals surface area (Å²) >= 11 is 0. The average Bonchev–Trinajstić information content (AvgIpc) is 2.13. The van der Waals surface area contributed by atoms with Crippen LogP contribution in [0.15, 0.2) is 24.3 Å². The van der Waals surface area contributed by atoms with E-state index in [-0.39, 0.29) is 12.4 Å². The SMILES string of the molecule is NC1(CO)CC(c2cccc(F)c2)C1. The molecule has 1 aromatic rings. The lowest BCUT2D eigenvalue weighted by molar-refractivity contribution is 0.106. The van der Waals surface area contributed by atoms with E-state index in [0.717, 1.165) is 18.4 Å². The molecular formula is C11H14FNO. The summed E-state index contributed by atoms with van der Waals surface area (Å²) in [5, 5.41) is 8.97. The van der Waals surface area contributed by atoms with Crippen molar-refractivity contribution in [2.75, 3.05) is 6.61 Å². The highest BCUT2D eigenvalue weighted by atomic mass is 19.1. The summed E-state index contributed by atoms with van der Waals surface area (Å²) in [6.45, 7) is 0.0127. The molecule has 1 aliphatic rings. The molecule has 0 bridgehead atoms. The third-order valence-electron chi connectivity index (χ3n) is 2.94. The lowest BCUT2D eigenvalue weighted by Gasteiger charge is -2.44. The molecule has 2 rings (SSSR count). The Hall–Kier alpha value is -0.930. The second-order valence-corrected chi connectivity index (χ2v) is 4.18. The van der Waals surface area contributed by atoms with Crippen LogP contribution in [0.4, 0.5) is 4.39 Å². The predicted octanol–water partition coefficient (Wildman–Crippen LogP) is 1.39. The van der Waals surface area contributed by atoms with E-state index in [9.17, 15) is 4.39 Å². The molecule has 3 N–H and O–H groups in total. The Balaban J connectivity index is 2.06. The number of benzene rings is 1. The molecule has 1 fully saturated rings. The van der Waals surface area contributed by atoms with Gasteiger partial charge < -0.3 is 10.8 Å². The maximum absolute atomic E-state index is 12.9. The van der Waals surface area contributed by atoms with Crippen LogP contribution >= 0.6 is 0 Å². The number of aliphatic hydroxyl groups excluding tert-OH is 1. The van der Waals surface area contributed by atoms with Gasteiger partial charge in [0.05, 0.1) is 6.61 Å². The van der Waals surface area contributed by atoms with Crippen LogP contribution in [0.1, 0.15) is 24.3 Å². The van der Waals surface area contributed by atoms with Gasteiger partial charge in [-0.2, -0.15) is 0 Å². The van der Waals surface area contributed by atoms with Crippen molar-refractivity contribution in [3.63, 3.8) is 0 Å². The number of rotatable bonds is 2. The number of hydrogen-bond acceptors (Lipinski definition) is 2. The van der Waals surface area contributed by atoms with Crippen LogP contribution < -0.4 is 5.73 Å². The third-order valence-corrected chi connectivity index (χ3v) is 2.94. The topological polar surface area (TPSA) is 46.2 Å². The first kappa shape index (κ1) is 9.62. The highest BCUT2D eigenvalue weighted by molar-refractivity contribution is 5.25. The second-order valence-electron chi connectivity index (χ2n) is 4.18. The fraction of sp³-hybridized carbons (Fsp3) is 0.455. The van der Waals surface area contributed by atoms with Gasteiger partial charge in [-0.3, -0.25) is 0 Å². The summed E-state index contributed by atoms with van der Waals surface area (Å²) in [4.78, 5) is 0.